The van der Waals surface area contributed by atoms with E-state index in [2.05, 4.69) is 47.8 Å². The summed E-state index contributed by atoms with van der Waals surface area (Å²) in [6, 6.07) is 4.10. The van der Waals surface area contributed by atoms with E-state index in [1.165, 1.54) is 12.8 Å². The van der Waals surface area contributed by atoms with Crippen LogP contribution in [-0.2, 0) is 6.54 Å². The lowest BCUT2D eigenvalue weighted by Crippen LogP contribution is -2.35. The summed E-state index contributed by atoms with van der Waals surface area (Å²) in [7, 11) is 2.17. The largest absolute Gasteiger partial charge is 0.465 e. The number of halogens is 1. The molecule has 0 spiro atoms. The van der Waals surface area contributed by atoms with E-state index in [4.69, 9.17) is 4.42 Å². The monoisotopic (exact) mass is 301 g/mol. The van der Waals surface area contributed by atoms with Gasteiger partial charge in [-0.05, 0) is 44.4 Å². The highest BCUT2D eigenvalue weighted by atomic mass is 79.9. The van der Waals surface area contributed by atoms with Crippen LogP contribution >= 0.6 is 15.9 Å². The molecular formula is C14H24BrNO. The molecule has 1 aromatic heterocycles. The Morgan fingerprint density at radius 1 is 1.29 bits per heavy atom. The lowest BCUT2D eigenvalue weighted by atomic mass is 9.84. The molecule has 0 aromatic carbocycles. The Balaban J connectivity index is 2.56. The Bertz CT molecular complexity index is 322. The van der Waals surface area contributed by atoms with Crippen LogP contribution in [0.15, 0.2) is 16.5 Å². The molecule has 0 bridgehead atoms. The average Bonchev–Trinajstić information content (AvgIpc) is 2.72. The van der Waals surface area contributed by atoms with Crippen LogP contribution in [0.5, 0.6) is 0 Å². The normalized spacial score (nSPS) is 12.4. The number of rotatable bonds is 7. The molecule has 0 saturated carbocycles. The predicted molar refractivity (Wildman–Crippen MR) is 76.6 cm³/mol. The van der Waals surface area contributed by atoms with Gasteiger partial charge in [-0.1, -0.05) is 29.8 Å². The zero-order valence-corrected chi connectivity index (χ0v) is 13.0. The molecule has 0 N–H and O–H groups in total. The van der Waals surface area contributed by atoms with Gasteiger partial charge in [0.05, 0.1) is 6.54 Å². The van der Waals surface area contributed by atoms with Gasteiger partial charge >= 0.3 is 0 Å². The molecule has 1 heterocycles. The maximum Gasteiger partial charge on any atom is 0.118 e. The first kappa shape index (κ1) is 14.8. The van der Waals surface area contributed by atoms with Gasteiger partial charge in [0, 0.05) is 11.9 Å². The number of alkyl halides is 1. The zero-order valence-electron chi connectivity index (χ0n) is 11.4. The fourth-order valence-electron chi connectivity index (χ4n) is 2.17. The topological polar surface area (TPSA) is 16.4 Å². The number of hydrogen-bond donors (Lipinski definition) is 0. The summed E-state index contributed by atoms with van der Waals surface area (Å²) >= 11 is 3.66. The fourth-order valence-corrected chi connectivity index (χ4v) is 3.14. The third-order valence-electron chi connectivity index (χ3n) is 3.61. The second-order valence-electron chi connectivity index (χ2n) is 5.03. The summed E-state index contributed by atoms with van der Waals surface area (Å²) < 4.78 is 5.62. The van der Waals surface area contributed by atoms with Gasteiger partial charge < -0.3 is 4.42 Å². The minimum atomic E-state index is 0.385. The molecule has 1 rings (SSSR count). The number of furan rings is 1. The molecule has 0 unspecified atom stereocenters. The first-order chi connectivity index (χ1) is 8.05. The first-order valence-corrected chi connectivity index (χ1v) is 7.47. The smallest absolute Gasteiger partial charge is 0.118 e. The van der Waals surface area contributed by atoms with Gasteiger partial charge in [-0.2, -0.15) is 0 Å². The van der Waals surface area contributed by atoms with Crippen molar-refractivity contribution >= 4 is 15.9 Å². The third-order valence-corrected chi connectivity index (χ3v) is 4.80. The molecule has 98 valence electrons. The second kappa shape index (κ2) is 6.60. The SMILES string of the molecule is CCC(CC)(CBr)CN(C)Cc1ccc(C)o1. The molecule has 17 heavy (non-hydrogen) atoms. The highest BCUT2D eigenvalue weighted by molar-refractivity contribution is 9.09. The Labute approximate surface area is 114 Å². The zero-order chi connectivity index (χ0) is 12.9. The van der Waals surface area contributed by atoms with E-state index in [-0.39, 0.29) is 0 Å². The van der Waals surface area contributed by atoms with E-state index >= 15 is 0 Å². The quantitative estimate of drug-likeness (QED) is 0.701. The molecule has 0 atom stereocenters. The highest BCUT2D eigenvalue weighted by Gasteiger charge is 2.26. The molecule has 0 fully saturated rings. The van der Waals surface area contributed by atoms with E-state index in [0.717, 1.165) is 29.9 Å². The predicted octanol–water partition coefficient (Wildman–Crippen LogP) is 4.22. The van der Waals surface area contributed by atoms with Crippen molar-refractivity contribution < 1.29 is 4.42 Å². The number of hydrogen-bond acceptors (Lipinski definition) is 2. The Hall–Kier alpha value is -0.280. The molecule has 0 aliphatic heterocycles. The van der Waals surface area contributed by atoms with Gasteiger partial charge in [-0.15, -0.1) is 0 Å². The van der Waals surface area contributed by atoms with Gasteiger partial charge in [0.1, 0.15) is 11.5 Å². The molecule has 0 amide bonds. The van der Waals surface area contributed by atoms with E-state index in [9.17, 15) is 0 Å². The van der Waals surface area contributed by atoms with E-state index in [1.54, 1.807) is 0 Å². The van der Waals surface area contributed by atoms with Crippen LogP contribution in [0.3, 0.4) is 0 Å². The van der Waals surface area contributed by atoms with Crippen LogP contribution in [-0.4, -0.2) is 23.8 Å². The molecule has 1 aromatic rings. The molecule has 0 radical (unpaired) electrons. The minimum Gasteiger partial charge on any atom is -0.465 e. The Kier molecular flexibility index (Phi) is 5.74. The summed E-state index contributed by atoms with van der Waals surface area (Å²) in [6.07, 6.45) is 2.41. The van der Waals surface area contributed by atoms with E-state index < -0.39 is 0 Å². The van der Waals surface area contributed by atoms with Crippen LogP contribution in [0.1, 0.15) is 38.2 Å². The van der Waals surface area contributed by atoms with Gasteiger partial charge in [0.25, 0.3) is 0 Å². The maximum absolute atomic E-state index is 5.62. The van der Waals surface area contributed by atoms with Crippen LogP contribution < -0.4 is 0 Å². The van der Waals surface area contributed by atoms with Crippen LogP contribution in [0.25, 0.3) is 0 Å². The van der Waals surface area contributed by atoms with Crippen LogP contribution in [0.2, 0.25) is 0 Å². The van der Waals surface area contributed by atoms with Crippen molar-refractivity contribution in [1.82, 2.24) is 4.90 Å². The Morgan fingerprint density at radius 3 is 2.35 bits per heavy atom. The minimum absolute atomic E-state index is 0.385. The average molecular weight is 302 g/mol. The maximum atomic E-state index is 5.62. The van der Waals surface area contributed by atoms with Gasteiger partial charge in [-0.3, -0.25) is 4.90 Å². The Morgan fingerprint density at radius 2 is 1.94 bits per heavy atom. The van der Waals surface area contributed by atoms with Gasteiger partial charge in [0.15, 0.2) is 0 Å². The van der Waals surface area contributed by atoms with Crippen molar-refractivity contribution in [1.29, 1.82) is 0 Å². The van der Waals surface area contributed by atoms with Crippen molar-refractivity contribution in [2.75, 3.05) is 18.9 Å². The fraction of sp³-hybridized carbons (Fsp3) is 0.714. The van der Waals surface area contributed by atoms with Crippen molar-refractivity contribution in [3.8, 4) is 0 Å². The summed E-state index contributed by atoms with van der Waals surface area (Å²) in [4.78, 5) is 2.35. The summed E-state index contributed by atoms with van der Waals surface area (Å²) in [5.41, 5.74) is 0.385. The summed E-state index contributed by atoms with van der Waals surface area (Å²) in [5.74, 6) is 2.05. The van der Waals surface area contributed by atoms with Crippen LogP contribution in [0, 0.1) is 12.3 Å². The first-order valence-electron chi connectivity index (χ1n) is 6.35. The molecular weight excluding hydrogens is 278 g/mol. The lowest BCUT2D eigenvalue weighted by Gasteiger charge is -2.33. The van der Waals surface area contributed by atoms with Crippen molar-refractivity contribution in [2.24, 2.45) is 5.41 Å². The summed E-state index contributed by atoms with van der Waals surface area (Å²) in [6.45, 7) is 8.53. The van der Waals surface area contributed by atoms with Crippen molar-refractivity contribution in [3.63, 3.8) is 0 Å². The number of aryl methyl sites for hydroxylation is 1. The highest BCUT2D eigenvalue weighted by Crippen LogP contribution is 2.30. The molecule has 2 nitrogen and oxygen atoms in total. The molecule has 0 aliphatic rings. The third kappa shape index (κ3) is 4.14. The summed E-state index contributed by atoms with van der Waals surface area (Å²) in [5, 5.41) is 1.06. The van der Waals surface area contributed by atoms with Crippen molar-refractivity contribution in [2.45, 2.75) is 40.2 Å². The molecule has 0 aliphatic carbocycles. The number of nitrogens with zero attached hydrogens (tertiary/aromatic N) is 1. The molecule has 3 heteroatoms. The van der Waals surface area contributed by atoms with Gasteiger partial charge in [0.2, 0.25) is 0 Å². The lowest BCUT2D eigenvalue weighted by molar-refractivity contribution is 0.171. The standard InChI is InChI=1S/C14H24BrNO/c1-5-14(6-2,10-15)11-16(4)9-13-8-7-12(3)17-13/h7-8H,5-6,9-11H2,1-4H3. The van der Waals surface area contributed by atoms with Crippen molar-refractivity contribution in [3.05, 3.63) is 23.7 Å². The van der Waals surface area contributed by atoms with Gasteiger partial charge in [-0.25, -0.2) is 0 Å². The second-order valence-corrected chi connectivity index (χ2v) is 5.59. The molecule has 0 saturated heterocycles. The van der Waals surface area contributed by atoms with Crippen LogP contribution in [0.4, 0.5) is 0 Å². The van der Waals surface area contributed by atoms with E-state index in [0.29, 0.717) is 5.41 Å². The van der Waals surface area contributed by atoms with E-state index in [1.807, 2.05) is 13.0 Å².